The second-order valence-electron chi connectivity index (χ2n) is 22.5. The summed E-state index contributed by atoms with van der Waals surface area (Å²) >= 11 is 0. The number of para-hydroxylation sites is 4. The summed E-state index contributed by atoms with van der Waals surface area (Å²) in [7, 11) is 0. The molecule has 0 radical (unpaired) electrons. The normalized spacial score (nSPS) is 13.6. The first-order chi connectivity index (χ1) is 38.2. The fourth-order valence-electron chi connectivity index (χ4n) is 13.5. The summed E-state index contributed by atoms with van der Waals surface area (Å²) < 4.78 is 0. The van der Waals surface area contributed by atoms with E-state index in [1.54, 1.807) is 0 Å². The van der Waals surface area contributed by atoms with E-state index in [0.29, 0.717) is 0 Å². The average Bonchev–Trinajstić information content (AvgIpc) is 4.08. The fraction of sp³-hybridized carbons (Fsp3) is 0.0789. The Balaban J connectivity index is 0.969. The lowest BCUT2D eigenvalue weighted by molar-refractivity contribution is 0.661. The van der Waals surface area contributed by atoms with E-state index in [1.165, 1.54) is 110 Å². The van der Waals surface area contributed by atoms with Crippen LogP contribution in [0.2, 0.25) is 0 Å². The second kappa shape index (κ2) is 17.5. The lowest BCUT2D eigenvalue weighted by Gasteiger charge is -2.26. The maximum atomic E-state index is 2.55. The summed E-state index contributed by atoms with van der Waals surface area (Å²) in [6, 6.07) is 99.3. The summed E-state index contributed by atoms with van der Waals surface area (Å²) in [5.41, 5.74) is 22.1. The van der Waals surface area contributed by atoms with Crippen LogP contribution in [0.3, 0.4) is 0 Å². The van der Waals surface area contributed by atoms with Gasteiger partial charge in [0.05, 0.1) is 0 Å². The molecule has 13 aromatic rings. The zero-order valence-corrected chi connectivity index (χ0v) is 44.3. The van der Waals surface area contributed by atoms with Crippen molar-refractivity contribution in [3.8, 4) is 44.5 Å². The standard InChI is InChI=1S/C76H56N2/c1-75(2)71-31-19-17-29-59(71)69-45-65-61(49-33-37-57(38-34-49)77(53-21-9-5-10-22-53)54-23-11-6-12-24-54)42-51-41-52-43-62(50-35-39-58(40-36-50)78(55-25-13-7-14-26-55)56-27-15-8-16-28-56)66-46-70-60-30-18-20-32-72(60)76(3,4)74(70)48-68(66)64(52)44-63(51)67(65)47-73(69)75/h5-48H,1-4H3. The van der Waals surface area contributed by atoms with Gasteiger partial charge in [-0.3, -0.25) is 0 Å². The number of benzene rings is 13. The van der Waals surface area contributed by atoms with Gasteiger partial charge in [-0.05, 0) is 231 Å². The Kier molecular flexibility index (Phi) is 10.3. The van der Waals surface area contributed by atoms with Crippen LogP contribution in [0, 0.1) is 0 Å². The summed E-state index contributed by atoms with van der Waals surface area (Å²) in [5, 5.41) is 10.1. The lowest BCUT2D eigenvalue weighted by Crippen LogP contribution is -2.14. The Labute approximate surface area is 456 Å². The molecule has 2 aliphatic carbocycles. The molecule has 15 rings (SSSR count). The van der Waals surface area contributed by atoms with E-state index < -0.39 is 0 Å². The molecule has 0 aliphatic heterocycles. The highest BCUT2D eigenvalue weighted by Gasteiger charge is 2.37. The van der Waals surface area contributed by atoms with Gasteiger partial charge >= 0.3 is 0 Å². The van der Waals surface area contributed by atoms with E-state index in [2.05, 4.69) is 304 Å². The van der Waals surface area contributed by atoms with Crippen LogP contribution in [0.4, 0.5) is 34.1 Å². The molecule has 0 unspecified atom stereocenters. The van der Waals surface area contributed by atoms with Gasteiger partial charge in [-0.1, -0.05) is 173 Å². The summed E-state index contributed by atoms with van der Waals surface area (Å²) in [6.45, 7) is 9.60. The Morgan fingerprint density at radius 3 is 0.897 bits per heavy atom. The highest BCUT2D eigenvalue weighted by Crippen LogP contribution is 2.54. The van der Waals surface area contributed by atoms with Gasteiger partial charge in [-0.2, -0.15) is 0 Å². The molecule has 2 nitrogen and oxygen atoms in total. The van der Waals surface area contributed by atoms with E-state index in [0.717, 1.165) is 34.1 Å². The Morgan fingerprint density at radius 2 is 0.538 bits per heavy atom. The molecule has 0 atom stereocenters. The van der Waals surface area contributed by atoms with Crippen LogP contribution >= 0.6 is 0 Å². The van der Waals surface area contributed by atoms with Gasteiger partial charge in [-0.15, -0.1) is 0 Å². The van der Waals surface area contributed by atoms with Crippen LogP contribution in [-0.4, -0.2) is 0 Å². The van der Waals surface area contributed by atoms with Gasteiger partial charge in [0.25, 0.3) is 0 Å². The van der Waals surface area contributed by atoms with E-state index in [1.807, 2.05) is 0 Å². The topological polar surface area (TPSA) is 6.48 Å². The molecule has 0 saturated carbocycles. The third-order valence-electron chi connectivity index (χ3n) is 17.4. The monoisotopic (exact) mass is 996 g/mol. The molecule has 0 bridgehead atoms. The van der Waals surface area contributed by atoms with Crippen LogP contribution in [0.15, 0.2) is 267 Å². The van der Waals surface area contributed by atoms with Gasteiger partial charge in [0.2, 0.25) is 0 Å². The number of hydrogen-bond donors (Lipinski definition) is 0. The molecule has 13 aromatic carbocycles. The second-order valence-corrected chi connectivity index (χ2v) is 22.5. The van der Waals surface area contributed by atoms with Crippen LogP contribution in [0.5, 0.6) is 0 Å². The molecule has 0 saturated heterocycles. The third-order valence-corrected chi connectivity index (χ3v) is 17.4. The minimum absolute atomic E-state index is 0.156. The van der Waals surface area contributed by atoms with Crippen LogP contribution in [0.1, 0.15) is 49.9 Å². The van der Waals surface area contributed by atoms with Crippen LogP contribution < -0.4 is 9.80 Å². The highest BCUT2D eigenvalue weighted by molar-refractivity contribution is 6.23. The van der Waals surface area contributed by atoms with Gasteiger partial charge in [0, 0.05) is 45.0 Å². The smallest absolute Gasteiger partial charge is 0.0462 e. The van der Waals surface area contributed by atoms with E-state index >= 15 is 0 Å². The fourth-order valence-corrected chi connectivity index (χ4v) is 13.5. The van der Waals surface area contributed by atoms with Crippen molar-refractivity contribution in [1.82, 2.24) is 0 Å². The van der Waals surface area contributed by atoms with Crippen molar-refractivity contribution < 1.29 is 0 Å². The SMILES string of the molecule is CC1(C)c2ccccc2-c2cc3c(-c4ccc(N(c5ccccc5)c5ccccc5)cc4)cc4cc5cc(-c6ccc(N(c7ccccc7)c7ccccc7)cc6)c6cc7c(cc6c5cc4c3cc21)C(C)(C)c1ccccc1-7. The first kappa shape index (κ1) is 45.9. The van der Waals surface area contributed by atoms with Gasteiger partial charge < -0.3 is 9.80 Å². The Bertz CT molecular complexity index is 4130. The quantitative estimate of drug-likeness (QED) is 0.111. The Hall–Kier alpha value is -9.50. The Morgan fingerprint density at radius 1 is 0.218 bits per heavy atom. The highest BCUT2D eigenvalue weighted by atomic mass is 15.1. The maximum absolute atomic E-state index is 2.55. The van der Waals surface area contributed by atoms with Gasteiger partial charge in [0.1, 0.15) is 0 Å². The van der Waals surface area contributed by atoms with Crippen molar-refractivity contribution in [2.45, 2.75) is 38.5 Å². The zero-order chi connectivity index (χ0) is 52.3. The summed E-state index contributed by atoms with van der Waals surface area (Å²) in [5.74, 6) is 0. The molecular formula is C76H56N2. The summed E-state index contributed by atoms with van der Waals surface area (Å²) in [4.78, 5) is 4.68. The van der Waals surface area contributed by atoms with Gasteiger partial charge in [0.15, 0.2) is 0 Å². The first-order valence-electron chi connectivity index (χ1n) is 27.4. The zero-order valence-electron chi connectivity index (χ0n) is 44.3. The molecule has 2 heteroatoms. The molecular weight excluding hydrogens is 941 g/mol. The molecule has 370 valence electrons. The van der Waals surface area contributed by atoms with Crippen molar-refractivity contribution in [3.63, 3.8) is 0 Å². The van der Waals surface area contributed by atoms with Crippen molar-refractivity contribution in [3.05, 3.63) is 289 Å². The van der Waals surface area contributed by atoms with Crippen molar-refractivity contribution in [2.75, 3.05) is 9.80 Å². The first-order valence-corrected chi connectivity index (χ1v) is 27.4. The van der Waals surface area contributed by atoms with Crippen LogP contribution in [-0.2, 0) is 10.8 Å². The van der Waals surface area contributed by atoms with E-state index in [9.17, 15) is 0 Å². The lowest BCUT2D eigenvalue weighted by atomic mass is 9.80. The molecule has 0 N–H and O–H groups in total. The number of anilines is 6. The van der Waals surface area contributed by atoms with Crippen molar-refractivity contribution in [2.24, 2.45) is 0 Å². The van der Waals surface area contributed by atoms with Gasteiger partial charge in [-0.25, -0.2) is 0 Å². The number of hydrogen-bond acceptors (Lipinski definition) is 2. The minimum Gasteiger partial charge on any atom is -0.311 e. The van der Waals surface area contributed by atoms with E-state index in [4.69, 9.17) is 0 Å². The van der Waals surface area contributed by atoms with E-state index in [-0.39, 0.29) is 10.8 Å². The molecule has 0 fully saturated rings. The predicted octanol–water partition coefficient (Wildman–Crippen LogP) is 21.2. The van der Waals surface area contributed by atoms with Crippen molar-refractivity contribution >= 4 is 77.2 Å². The molecule has 0 amide bonds. The number of rotatable bonds is 8. The molecule has 0 heterocycles. The molecule has 78 heavy (non-hydrogen) atoms. The average molecular weight is 997 g/mol. The molecule has 0 spiro atoms. The number of fused-ring (bicyclic) bond motifs is 12. The van der Waals surface area contributed by atoms with Crippen LogP contribution in [0.25, 0.3) is 87.6 Å². The summed E-state index contributed by atoms with van der Waals surface area (Å²) in [6.07, 6.45) is 0. The third kappa shape index (κ3) is 7.10. The molecule has 0 aromatic heterocycles. The molecule has 2 aliphatic rings. The predicted molar refractivity (Wildman–Crippen MR) is 332 cm³/mol. The maximum Gasteiger partial charge on any atom is 0.0462 e. The minimum atomic E-state index is -0.156. The largest absolute Gasteiger partial charge is 0.311 e. The van der Waals surface area contributed by atoms with Crippen molar-refractivity contribution in [1.29, 1.82) is 0 Å². The number of nitrogens with zero attached hydrogens (tertiary/aromatic N) is 2.